The quantitative estimate of drug-likeness (QED) is 0.726. The topological polar surface area (TPSA) is 52.0 Å². The minimum Gasteiger partial charge on any atom is -0.441 e. The maximum absolute atomic E-state index is 5.73. The fourth-order valence-electron chi connectivity index (χ4n) is 2.23. The molecule has 3 aromatic rings. The summed E-state index contributed by atoms with van der Waals surface area (Å²) >= 11 is 0. The van der Waals surface area contributed by atoms with Crippen LogP contribution in [0.2, 0.25) is 0 Å². The van der Waals surface area contributed by atoms with Crippen LogP contribution < -0.4 is 5.73 Å². The molecule has 0 aliphatic heterocycles. The van der Waals surface area contributed by atoms with Crippen molar-refractivity contribution < 1.29 is 4.42 Å². The van der Waals surface area contributed by atoms with Gasteiger partial charge in [0.2, 0.25) is 0 Å². The van der Waals surface area contributed by atoms with E-state index in [9.17, 15) is 0 Å². The van der Waals surface area contributed by atoms with Crippen LogP contribution in [0.15, 0.2) is 46.9 Å². The highest BCUT2D eigenvalue weighted by Crippen LogP contribution is 2.19. The molecule has 19 heavy (non-hydrogen) atoms. The predicted octanol–water partition coefficient (Wildman–Crippen LogP) is 3.50. The first-order chi connectivity index (χ1) is 9.22. The Morgan fingerprint density at radius 3 is 2.79 bits per heavy atom. The molecule has 2 aromatic carbocycles. The molecule has 3 nitrogen and oxygen atoms in total. The van der Waals surface area contributed by atoms with Gasteiger partial charge in [-0.3, -0.25) is 0 Å². The van der Waals surface area contributed by atoms with Crippen LogP contribution in [0.4, 0.5) is 5.69 Å². The summed E-state index contributed by atoms with van der Waals surface area (Å²) in [6.45, 7) is 2.13. The van der Waals surface area contributed by atoms with E-state index in [1.165, 1.54) is 11.1 Å². The molecule has 0 saturated carbocycles. The molecule has 0 unspecified atom stereocenters. The number of nitrogens with two attached hydrogens (primary N) is 1. The van der Waals surface area contributed by atoms with E-state index in [1.54, 1.807) is 0 Å². The lowest BCUT2D eigenvalue weighted by Crippen LogP contribution is -1.93. The molecule has 0 bridgehead atoms. The highest BCUT2D eigenvalue weighted by atomic mass is 16.3. The number of anilines is 1. The van der Waals surface area contributed by atoms with Gasteiger partial charge >= 0.3 is 0 Å². The average molecular weight is 252 g/mol. The van der Waals surface area contributed by atoms with Gasteiger partial charge in [0.05, 0.1) is 0 Å². The molecule has 0 radical (unpaired) electrons. The van der Waals surface area contributed by atoms with Crippen LogP contribution in [0.3, 0.4) is 0 Å². The molecular weight excluding hydrogens is 236 g/mol. The maximum atomic E-state index is 5.73. The van der Waals surface area contributed by atoms with E-state index in [0.717, 1.165) is 29.8 Å². The summed E-state index contributed by atoms with van der Waals surface area (Å²) in [5, 5.41) is 0. The minimum atomic E-state index is 0.703. The molecule has 3 rings (SSSR count). The Morgan fingerprint density at radius 1 is 1.11 bits per heavy atom. The second-order valence-corrected chi connectivity index (χ2v) is 4.76. The Labute approximate surface area is 112 Å². The zero-order valence-electron chi connectivity index (χ0n) is 10.9. The average Bonchev–Trinajstić information content (AvgIpc) is 2.79. The van der Waals surface area contributed by atoms with Gasteiger partial charge in [-0.05, 0) is 36.6 Å². The lowest BCUT2D eigenvalue weighted by Gasteiger charge is -2.02. The molecule has 0 spiro atoms. The van der Waals surface area contributed by atoms with Crippen LogP contribution in [-0.4, -0.2) is 4.98 Å². The van der Waals surface area contributed by atoms with Crippen molar-refractivity contribution in [1.29, 1.82) is 0 Å². The summed E-state index contributed by atoms with van der Waals surface area (Å²) in [6, 6.07) is 14.0. The van der Waals surface area contributed by atoms with E-state index in [-0.39, 0.29) is 0 Å². The molecule has 0 fully saturated rings. The first kappa shape index (κ1) is 11.8. The molecule has 0 aliphatic carbocycles. The number of fused-ring (bicyclic) bond motifs is 1. The van der Waals surface area contributed by atoms with Crippen LogP contribution >= 0.6 is 0 Å². The molecular formula is C16H16N2O. The van der Waals surface area contributed by atoms with E-state index in [1.807, 2.05) is 18.2 Å². The molecule has 0 atom stereocenters. The minimum absolute atomic E-state index is 0.703. The summed E-state index contributed by atoms with van der Waals surface area (Å²) in [5.41, 5.74) is 10.7. The third kappa shape index (κ3) is 2.45. The van der Waals surface area contributed by atoms with Crippen molar-refractivity contribution in [3.63, 3.8) is 0 Å². The summed E-state index contributed by atoms with van der Waals surface area (Å²) in [5.74, 6) is 0.767. The van der Waals surface area contributed by atoms with Gasteiger partial charge in [-0.25, -0.2) is 4.98 Å². The van der Waals surface area contributed by atoms with Gasteiger partial charge in [-0.15, -0.1) is 0 Å². The number of oxazole rings is 1. The van der Waals surface area contributed by atoms with Gasteiger partial charge in [0.25, 0.3) is 0 Å². The Bertz CT molecular complexity index is 716. The van der Waals surface area contributed by atoms with E-state index in [0.29, 0.717) is 5.69 Å². The Hall–Kier alpha value is -2.29. The van der Waals surface area contributed by atoms with Gasteiger partial charge in [0.1, 0.15) is 5.52 Å². The number of nitrogen functional groups attached to an aromatic ring is 1. The van der Waals surface area contributed by atoms with Crippen molar-refractivity contribution in [3.05, 3.63) is 59.5 Å². The molecule has 2 N–H and O–H groups in total. The Morgan fingerprint density at radius 2 is 1.95 bits per heavy atom. The normalized spacial score (nSPS) is 11.0. The van der Waals surface area contributed by atoms with Crippen molar-refractivity contribution in [3.8, 4) is 0 Å². The largest absolute Gasteiger partial charge is 0.441 e. The molecule has 0 amide bonds. The second-order valence-electron chi connectivity index (χ2n) is 4.76. The first-order valence-corrected chi connectivity index (χ1v) is 6.42. The highest BCUT2D eigenvalue weighted by Gasteiger charge is 2.07. The van der Waals surface area contributed by atoms with Gasteiger partial charge in [0, 0.05) is 18.2 Å². The molecule has 1 heterocycles. The third-order valence-corrected chi connectivity index (χ3v) is 3.33. The van der Waals surface area contributed by atoms with Crippen LogP contribution in [0.1, 0.15) is 17.0 Å². The number of benzene rings is 2. The number of hydrogen-bond acceptors (Lipinski definition) is 3. The van der Waals surface area contributed by atoms with Crippen LogP contribution in [0.25, 0.3) is 11.1 Å². The molecule has 0 aliphatic rings. The van der Waals surface area contributed by atoms with E-state index in [2.05, 4.69) is 36.2 Å². The first-order valence-electron chi connectivity index (χ1n) is 6.42. The van der Waals surface area contributed by atoms with Crippen molar-refractivity contribution in [2.45, 2.75) is 19.8 Å². The SMILES string of the molecule is Cc1ccccc1CCc1nc2ccc(N)cc2o1. The maximum Gasteiger partial charge on any atom is 0.195 e. The van der Waals surface area contributed by atoms with E-state index >= 15 is 0 Å². The summed E-state index contributed by atoms with van der Waals surface area (Å²) in [4.78, 5) is 4.48. The van der Waals surface area contributed by atoms with Crippen molar-refractivity contribution in [1.82, 2.24) is 4.98 Å². The summed E-state index contributed by atoms with van der Waals surface area (Å²) in [7, 11) is 0. The van der Waals surface area contributed by atoms with Crippen molar-refractivity contribution in [2.24, 2.45) is 0 Å². The standard InChI is InChI=1S/C16H16N2O/c1-11-4-2-3-5-12(11)6-9-16-18-14-8-7-13(17)10-15(14)19-16/h2-5,7-8,10H,6,9,17H2,1H3. The fourth-order valence-corrected chi connectivity index (χ4v) is 2.23. The van der Waals surface area contributed by atoms with Crippen LogP contribution in [-0.2, 0) is 12.8 Å². The van der Waals surface area contributed by atoms with Gasteiger partial charge in [-0.2, -0.15) is 0 Å². The van der Waals surface area contributed by atoms with Crippen LogP contribution in [0.5, 0.6) is 0 Å². The van der Waals surface area contributed by atoms with E-state index in [4.69, 9.17) is 10.2 Å². The van der Waals surface area contributed by atoms with Gasteiger partial charge in [0.15, 0.2) is 11.5 Å². The molecule has 0 saturated heterocycles. The lowest BCUT2D eigenvalue weighted by atomic mass is 10.0. The van der Waals surface area contributed by atoms with Gasteiger partial charge < -0.3 is 10.2 Å². The number of hydrogen-bond donors (Lipinski definition) is 1. The number of nitrogens with zero attached hydrogens (tertiary/aromatic N) is 1. The Balaban J connectivity index is 1.80. The summed E-state index contributed by atoms with van der Waals surface area (Å²) < 4.78 is 5.72. The highest BCUT2D eigenvalue weighted by molar-refractivity contribution is 5.76. The smallest absolute Gasteiger partial charge is 0.195 e. The second kappa shape index (κ2) is 4.76. The van der Waals surface area contributed by atoms with Crippen molar-refractivity contribution in [2.75, 3.05) is 5.73 Å². The number of aryl methyl sites for hydroxylation is 3. The monoisotopic (exact) mass is 252 g/mol. The van der Waals surface area contributed by atoms with Crippen LogP contribution in [0, 0.1) is 6.92 Å². The zero-order valence-corrected chi connectivity index (χ0v) is 10.9. The molecule has 96 valence electrons. The zero-order chi connectivity index (χ0) is 13.2. The Kier molecular flexibility index (Phi) is 2.95. The van der Waals surface area contributed by atoms with Crippen molar-refractivity contribution >= 4 is 16.8 Å². The summed E-state index contributed by atoms with van der Waals surface area (Å²) in [6.07, 6.45) is 1.74. The third-order valence-electron chi connectivity index (χ3n) is 3.33. The molecule has 1 aromatic heterocycles. The van der Waals surface area contributed by atoms with Gasteiger partial charge in [-0.1, -0.05) is 24.3 Å². The van der Waals surface area contributed by atoms with E-state index < -0.39 is 0 Å². The molecule has 3 heteroatoms. The number of rotatable bonds is 3. The lowest BCUT2D eigenvalue weighted by molar-refractivity contribution is 0.528. The number of aromatic nitrogens is 1. The predicted molar refractivity (Wildman–Crippen MR) is 77.0 cm³/mol. The fraction of sp³-hybridized carbons (Fsp3) is 0.188.